The lowest BCUT2D eigenvalue weighted by Crippen LogP contribution is -2.20. The average Bonchev–Trinajstić information content (AvgIpc) is 3.25. The molecule has 2 aromatic carbocycles. The van der Waals surface area contributed by atoms with Crippen LogP contribution in [0, 0.1) is 11.7 Å². The number of aromatic nitrogens is 4. The third-order valence-electron chi connectivity index (χ3n) is 5.02. The number of rotatable bonds is 3. The second kappa shape index (κ2) is 6.30. The first-order valence-corrected chi connectivity index (χ1v) is 9.21. The molecule has 28 heavy (non-hydrogen) atoms. The number of H-pyrrole nitrogens is 1. The maximum Gasteiger partial charge on any atom is 0.229 e. The summed E-state index contributed by atoms with van der Waals surface area (Å²) in [6, 6.07) is 13.7. The molecule has 0 bridgehead atoms. The van der Waals surface area contributed by atoms with E-state index in [1.165, 1.54) is 12.1 Å². The molecule has 0 fully saturated rings. The van der Waals surface area contributed by atoms with E-state index in [0.29, 0.717) is 29.4 Å². The summed E-state index contributed by atoms with van der Waals surface area (Å²) in [6.07, 6.45) is 1.22. The summed E-state index contributed by atoms with van der Waals surface area (Å²) in [5, 5.41) is 7.82. The second-order valence-corrected chi connectivity index (χ2v) is 7.23. The van der Waals surface area contributed by atoms with E-state index >= 15 is 0 Å². The lowest BCUT2D eigenvalue weighted by Gasteiger charge is -2.18. The molecule has 5 rings (SSSR count). The van der Waals surface area contributed by atoms with Gasteiger partial charge in [0, 0.05) is 12.1 Å². The van der Waals surface area contributed by atoms with Gasteiger partial charge >= 0.3 is 0 Å². The predicted molar refractivity (Wildman–Crippen MR) is 105 cm³/mol. The SMILES string of the molecule is CC1CC(=O)c2c(Nc3ccc(F)cc3)nn(-c3nc4ccccc4[nH]3)c2C1. The van der Waals surface area contributed by atoms with Gasteiger partial charge < -0.3 is 10.3 Å². The number of benzene rings is 2. The monoisotopic (exact) mass is 375 g/mol. The number of Topliss-reactive ketones (excluding diaryl/α,β-unsaturated/α-hetero) is 1. The van der Waals surface area contributed by atoms with Crippen molar-refractivity contribution >= 4 is 28.3 Å². The molecule has 2 heterocycles. The van der Waals surface area contributed by atoms with Gasteiger partial charge in [0.1, 0.15) is 5.82 Å². The van der Waals surface area contributed by atoms with E-state index in [1.807, 2.05) is 24.3 Å². The number of hydrogen-bond donors (Lipinski definition) is 2. The summed E-state index contributed by atoms with van der Waals surface area (Å²) in [5.74, 6) is 1.02. The average molecular weight is 375 g/mol. The number of nitrogens with zero attached hydrogens (tertiary/aromatic N) is 3. The number of nitrogens with one attached hydrogen (secondary N) is 2. The van der Waals surface area contributed by atoms with Crippen LogP contribution in [0.5, 0.6) is 0 Å². The number of halogens is 1. The summed E-state index contributed by atoms with van der Waals surface area (Å²) in [7, 11) is 0. The van der Waals surface area contributed by atoms with E-state index in [1.54, 1.807) is 16.8 Å². The minimum Gasteiger partial charge on any atom is -0.338 e. The Morgan fingerprint density at radius 3 is 2.71 bits per heavy atom. The Bertz CT molecular complexity index is 1160. The molecule has 6 nitrogen and oxygen atoms in total. The molecule has 4 aromatic rings. The van der Waals surface area contributed by atoms with Crippen LogP contribution in [0.2, 0.25) is 0 Å². The van der Waals surface area contributed by atoms with Crippen LogP contribution in [0.15, 0.2) is 48.5 Å². The zero-order valence-electron chi connectivity index (χ0n) is 15.2. The molecule has 0 amide bonds. The Hall–Kier alpha value is -3.48. The number of carbonyl (C=O) groups excluding carboxylic acids is 1. The van der Waals surface area contributed by atoms with E-state index in [2.05, 4.69) is 27.3 Å². The number of carbonyl (C=O) groups is 1. The lowest BCUT2D eigenvalue weighted by molar-refractivity contribution is 0.0953. The molecule has 2 N–H and O–H groups in total. The van der Waals surface area contributed by atoms with Crippen molar-refractivity contribution in [1.29, 1.82) is 0 Å². The Kier molecular flexibility index (Phi) is 3.75. The van der Waals surface area contributed by atoms with Gasteiger partial charge in [-0.05, 0) is 48.7 Å². The van der Waals surface area contributed by atoms with Gasteiger partial charge in [-0.3, -0.25) is 4.79 Å². The maximum absolute atomic E-state index is 13.2. The van der Waals surface area contributed by atoms with Crippen molar-refractivity contribution in [1.82, 2.24) is 19.7 Å². The van der Waals surface area contributed by atoms with Gasteiger partial charge in [-0.25, -0.2) is 14.1 Å². The standard InChI is InChI=1S/C21H18FN5O/c1-12-10-17-19(18(28)11-12)20(23-14-8-6-13(22)7-9-14)26-27(17)21-24-15-4-2-3-5-16(15)25-21/h2-9,12H,10-11H2,1H3,(H,23,26)(H,24,25). The topological polar surface area (TPSA) is 75.6 Å². The minimum atomic E-state index is -0.315. The van der Waals surface area contributed by atoms with Crippen LogP contribution in [-0.2, 0) is 6.42 Å². The van der Waals surface area contributed by atoms with Crippen molar-refractivity contribution in [2.75, 3.05) is 5.32 Å². The van der Waals surface area contributed by atoms with E-state index in [4.69, 9.17) is 0 Å². The smallest absolute Gasteiger partial charge is 0.229 e. The zero-order valence-corrected chi connectivity index (χ0v) is 15.2. The van der Waals surface area contributed by atoms with Crippen molar-refractivity contribution in [2.24, 2.45) is 5.92 Å². The van der Waals surface area contributed by atoms with Gasteiger partial charge in [0.15, 0.2) is 11.6 Å². The van der Waals surface area contributed by atoms with Gasteiger partial charge in [0.05, 0.1) is 22.3 Å². The lowest BCUT2D eigenvalue weighted by atomic mass is 9.88. The molecule has 1 aliphatic carbocycles. The first-order chi connectivity index (χ1) is 13.6. The van der Waals surface area contributed by atoms with Gasteiger partial charge in [-0.15, -0.1) is 5.10 Å². The Morgan fingerprint density at radius 2 is 1.93 bits per heavy atom. The van der Waals surface area contributed by atoms with Crippen LogP contribution in [0.4, 0.5) is 15.9 Å². The number of hydrogen-bond acceptors (Lipinski definition) is 4. The summed E-state index contributed by atoms with van der Waals surface area (Å²) in [5.41, 5.74) is 3.84. The molecule has 7 heteroatoms. The molecule has 1 unspecified atom stereocenters. The van der Waals surface area contributed by atoms with Gasteiger partial charge in [-0.2, -0.15) is 0 Å². The highest BCUT2D eigenvalue weighted by atomic mass is 19.1. The Morgan fingerprint density at radius 1 is 1.14 bits per heavy atom. The van der Waals surface area contributed by atoms with Crippen LogP contribution in [0.3, 0.4) is 0 Å². The second-order valence-electron chi connectivity index (χ2n) is 7.23. The highest BCUT2D eigenvalue weighted by molar-refractivity contribution is 6.03. The fraction of sp³-hybridized carbons (Fsp3) is 0.190. The summed E-state index contributed by atoms with van der Waals surface area (Å²) in [4.78, 5) is 20.7. The number of imidazole rings is 1. The molecular formula is C21H18FN5O. The fourth-order valence-electron chi connectivity index (χ4n) is 3.73. The summed E-state index contributed by atoms with van der Waals surface area (Å²) in [6.45, 7) is 2.06. The quantitative estimate of drug-likeness (QED) is 0.557. The molecule has 1 atom stereocenters. The number of fused-ring (bicyclic) bond motifs is 2. The number of anilines is 2. The zero-order chi connectivity index (χ0) is 19.3. The number of para-hydroxylation sites is 2. The van der Waals surface area contributed by atoms with Crippen LogP contribution in [-0.4, -0.2) is 25.5 Å². The maximum atomic E-state index is 13.2. The van der Waals surface area contributed by atoms with Crippen molar-refractivity contribution in [3.05, 3.63) is 65.6 Å². The Labute approximate surface area is 160 Å². The summed E-state index contributed by atoms with van der Waals surface area (Å²) >= 11 is 0. The first kappa shape index (κ1) is 16.7. The molecule has 0 radical (unpaired) electrons. The molecule has 0 saturated carbocycles. The predicted octanol–water partition coefficient (Wildman–Crippen LogP) is 4.40. The van der Waals surface area contributed by atoms with E-state index < -0.39 is 0 Å². The van der Waals surface area contributed by atoms with Crippen LogP contribution in [0.25, 0.3) is 17.0 Å². The third-order valence-corrected chi connectivity index (χ3v) is 5.02. The van der Waals surface area contributed by atoms with Crippen molar-refractivity contribution in [2.45, 2.75) is 19.8 Å². The third kappa shape index (κ3) is 2.76. The fourth-order valence-corrected chi connectivity index (χ4v) is 3.73. The molecule has 0 saturated heterocycles. The van der Waals surface area contributed by atoms with Crippen molar-refractivity contribution in [3.8, 4) is 5.95 Å². The van der Waals surface area contributed by atoms with Crippen LogP contribution in [0.1, 0.15) is 29.4 Å². The molecule has 140 valence electrons. The minimum absolute atomic E-state index is 0.0562. The molecule has 1 aliphatic rings. The van der Waals surface area contributed by atoms with E-state index in [0.717, 1.165) is 23.1 Å². The van der Waals surface area contributed by atoms with Crippen LogP contribution < -0.4 is 5.32 Å². The molecule has 0 spiro atoms. The number of aromatic amines is 1. The first-order valence-electron chi connectivity index (χ1n) is 9.21. The van der Waals surface area contributed by atoms with Gasteiger partial charge in [0.25, 0.3) is 0 Å². The van der Waals surface area contributed by atoms with Crippen LogP contribution >= 0.6 is 0 Å². The number of ketones is 1. The van der Waals surface area contributed by atoms with E-state index in [9.17, 15) is 9.18 Å². The Balaban J connectivity index is 1.64. The molecular weight excluding hydrogens is 357 g/mol. The molecule has 0 aliphatic heterocycles. The molecule has 2 aromatic heterocycles. The van der Waals surface area contributed by atoms with Crippen molar-refractivity contribution in [3.63, 3.8) is 0 Å². The van der Waals surface area contributed by atoms with Gasteiger partial charge in [0.2, 0.25) is 5.95 Å². The highest BCUT2D eigenvalue weighted by Gasteiger charge is 2.31. The van der Waals surface area contributed by atoms with E-state index in [-0.39, 0.29) is 17.5 Å². The highest BCUT2D eigenvalue weighted by Crippen LogP contribution is 2.33. The van der Waals surface area contributed by atoms with Crippen molar-refractivity contribution < 1.29 is 9.18 Å². The largest absolute Gasteiger partial charge is 0.338 e. The summed E-state index contributed by atoms with van der Waals surface area (Å²) < 4.78 is 14.9. The normalized spacial score (nSPS) is 16.4. The van der Waals surface area contributed by atoms with Gasteiger partial charge in [-0.1, -0.05) is 19.1 Å².